The van der Waals surface area contributed by atoms with Gasteiger partial charge in [-0.1, -0.05) is 55.6 Å². The Labute approximate surface area is 162 Å². The molecule has 3 aromatic rings. The summed E-state index contributed by atoms with van der Waals surface area (Å²) in [5.41, 5.74) is 6.02. The van der Waals surface area contributed by atoms with E-state index in [9.17, 15) is 9.90 Å². The minimum absolute atomic E-state index is 0.344. The molecule has 1 heterocycles. The van der Waals surface area contributed by atoms with Gasteiger partial charge in [0.1, 0.15) is 0 Å². The minimum atomic E-state index is -0.901. The van der Waals surface area contributed by atoms with E-state index >= 15 is 0 Å². The summed E-state index contributed by atoms with van der Waals surface area (Å²) < 4.78 is 0. The van der Waals surface area contributed by atoms with Crippen LogP contribution in [0.3, 0.4) is 0 Å². The second kappa shape index (κ2) is 6.97. The Hall–Kier alpha value is -2.98. The number of para-hydroxylation sites is 1. The standard InChI is InChI=1S/C23H19NO2S/c1-3-16-17(7-6-8-18(16)23(25)26)14(2)15-11-12-22-20(13-15)24-19-9-4-5-10-21(19)27-22/h4-13,24H,2-3H2,1H3,(H,25,26). The Kier molecular flexibility index (Phi) is 4.50. The van der Waals surface area contributed by atoms with Crippen molar-refractivity contribution in [2.24, 2.45) is 0 Å². The quantitative estimate of drug-likeness (QED) is 0.446. The molecule has 0 aliphatic carbocycles. The van der Waals surface area contributed by atoms with Crippen LogP contribution in [0.5, 0.6) is 0 Å². The molecule has 0 unspecified atom stereocenters. The highest BCUT2D eigenvalue weighted by atomic mass is 32.2. The summed E-state index contributed by atoms with van der Waals surface area (Å²) in [5.74, 6) is -0.901. The molecule has 1 aliphatic heterocycles. The van der Waals surface area contributed by atoms with Gasteiger partial charge >= 0.3 is 5.97 Å². The first kappa shape index (κ1) is 17.4. The van der Waals surface area contributed by atoms with E-state index in [-0.39, 0.29) is 0 Å². The molecule has 27 heavy (non-hydrogen) atoms. The Morgan fingerprint density at radius 1 is 1.00 bits per heavy atom. The monoisotopic (exact) mass is 373 g/mol. The van der Waals surface area contributed by atoms with Crippen LogP contribution in [0.15, 0.2) is 77.0 Å². The molecule has 3 nitrogen and oxygen atoms in total. The number of anilines is 2. The summed E-state index contributed by atoms with van der Waals surface area (Å²) in [6.07, 6.45) is 0.642. The fourth-order valence-electron chi connectivity index (χ4n) is 3.43. The van der Waals surface area contributed by atoms with Gasteiger partial charge in [0.05, 0.1) is 16.9 Å². The molecule has 0 spiro atoms. The van der Waals surface area contributed by atoms with Gasteiger partial charge < -0.3 is 10.4 Å². The predicted octanol–water partition coefficient (Wildman–Crippen LogP) is 6.22. The zero-order chi connectivity index (χ0) is 19.0. The van der Waals surface area contributed by atoms with Gasteiger partial charge in [0, 0.05) is 9.79 Å². The molecule has 0 radical (unpaired) electrons. The average Bonchev–Trinajstić information content (AvgIpc) is 2.70. The lowest BCUT2D eigenvalue weighted by molar-refractivity contribution is 0.0695. The number of carbonyl (C=O) groups is 1. The van der Waals surface area contributed by atoms with Crippen LogP contribution < -0.4 is 5.32 Å². The normalized spacial score (nSPS) is 11.9. The molecular weight excluding hydrogens is 354 g/mol. The Morgan fingerprint density at radius 2 is 1.74 bits per heavy atom. The van der Waals surface area contributed by atoms with E-state index in [2.05, 4.69) is 42.2 Å². The highest BCUT2D eigenvalue weighted by molar-refractivity contribution is 7.99. The van der Waals surface area contributed by atoms with Gasteiger partial charge in [-0.25, -0.2) is 4.79 Å². The number of carboxylic acids is 1. The van der Waals surface area contributed by atoms with Crippen LogP contribution in [0.1, 0.15) is 34.0 Å². The van der Waals surface area contributed by atoms with E-state index in [1.165, 1.54) is 9.79 Å². The molecule has 2 N–H and O–H groups in total. The van der Waals surface area contributed by atoms with E-state index < -0.39 is 5.97 Å². The minimum Gasteiger partial charge on any atom is -0.478 e. The van der Waals surface area contributed by atoms with Crippen molar-refractivity contribution in [2.45, 2.75) is 23.1 Å². The fraction of sp³-hybridized carbons (Fsp3) is 0.0870. The number of aromatic carboxylic acids is 1. The summed E-state index contributed by atoms with van der Waals surface area (Å²) in [7, 11) is 0. The van der Waals surface area contributed by atoms with Crippen molar-refractivity contribution in [1.29, 1.82) is 0 Å². The Morgan fingerprint density at radius 3 is 2.52 bits per heavy atom. The highest BCUT2D eigenvalue weighted by Gasteiger charge is 2.18. The highest BCUT2D eigenvalue weighted by Crippen LogP contribution is 2.45. The molecule has 0 aromatic heterocycles. The topological polar surface area (TPSA) is 49.3 Å². The first-order valence-electron chi connectivity index (χ1n) is 8.81. The zero-order valence-electron chi connectivity index (χ0n) is 15.0. The maximum absolute atomic E-state index is 11.6. The smallest absolute Gasteiger partial charge is 0.335 e. The van der Waals surface area contributed by atoms with E-state index in [1.54, 1.807) is 23.9 Å². The fourth-order valence-corrected chi connectivity index (χ4v) is 4.40. The lowest BCUT2D eigenvalue weighted by atomic mass is 9.90. The Bertz CT molecular complexity index is 1070. The number of hydrogen-bond donors (Lipinski definition) is 2. The molecule has 3 aromatic carbocycles. The van der Waals surface area contributed by atoms with Gasteiger partial charge in [-0.3, -0.25) is 0 Å². The van der Waals surface area contributed by atoms with E-state index in [0.29, 0.717) is 12.0 Å². The summed E-state index contributed by atoms with van der Waals surface area (Å²) in [6.45, 7) is 6.24. The molecule has 0 saturated carbocycles. The van der Waals surface area contributed by atoms with Crippen molar-refractivity contribution < 1.29 is 9.90 Å². The van der Waals surface area contributed by atoms with Crippen LogP contribution in [-0.2, 0) is 6.42 Å². The summed E-state index contributed by atoms with van der Waals surface area (Å²) in [6, 6.07) is 19.9. The summed E-state index contributed by atoms with van der Waals surface area (Å²) in [4.78, 5) is 13.9. The third-order valence-electron chi connectivity index (χ3n) is 4.79. The first-order valence-corrected chi connectivity index (χ1v) is 9.63. The lowest BCUT2D eigenvalue weighted by Gasteiger charge is -2.22. The van der Waals surface area contributed by atoms with Gasteiger partial charge in [0.15, 0.2) is 0 Å². The maximum atomic E-state index is 11.6. The SMILES string of the molecule is C=C(c1ccc2c(c1)Nc1ccccc1S2)c1cccc(C(=O)O)c1CC. The first-order chi connectivity index (χ1) is 13.1. The van der Waals surface area contributed by atoms with Crippen LogP contribution >= 0.6 is 11.8 Å². The molecule has 1 aliphatic rings. The molecule has 4 heteroatoms. The maximum Gasteiger partial charge on any atom is 0.335 e. The van der Waals surface area contributed by atoms with Gasteiger partial charge in [-0.15, -0.1) is 0 Å². The van der Waals surface area contributed by atoms with Crippen molar-refractivity contribution in [3.8, 4) is 0 Å². The van der Waals surface area contributed by atoms with Crippen molar-refractivity contribution in [3.63, 3.8) is 0 Å². The van der Waals surface area contributed by atoms with Crippen LogP contribution in [0.4, 0.5) is 11.4 Å². The summed E-state index contributed by atoms with van der Waals surface area (Å²) >= 11 is 1.74. The number of benzene rings is 3. The van der Waals surface area contributed by atoms with E-state index in [1.807, 2.05) is 25.1 Å². The van der Waals surface area contributed by atoms with Crippen molar-refractivity contribution >= 4 is 34.7 Å². The van der Waals surface area contributed by atoms with E-state index in [0.717, 1.165) is 33.6 Å². The van der Waals surface area contributed by atoms with Gasteiger partial charge in [0.2, 0.25) is 0 Å². The largest absolute Gasteiger partial charge is 0.478 e. The van der Waals surface area contributed by atoms with Gasteiger partial charge in [-0.2, -0.15) is 0 Å². The number of fused-ring (bicyclic) bond motifs is 2. The lowest BCUT2D eigenvalue weighted by Crippen LogP contribution is -2.05. The van der Waals surface area contributed by atoms with Crippen LogP contribution in [0, 0.1) is 0 Å². The molecule has 0 saturated heterocycles. The molecule has 134 valence electrons. The summed E-state index contributed by atoms with van der Waals surface area (Å²) in [5, 5.41) is 13.0. The van der Waals surface area contributed by atoms with E-state index in [4.69, 9.17) is 0 Å². The number of hydrogen-bond acceptors (Lipinski definition) is 3. The molecular formula is C23H19NO2S. The number of rotatable bonds is 4. The second-order valence-corrected chi connectivity index (χ2v) is 7.49. The molecule has 4 rings (SSSR count). The average molecular weight is 373 g/mol. The molecule has 0 amide bonds. The van der Waals surface area contributed by atoms with Gasteiger partial charge in [0.25, 0.3) is 0 Å². The van der Waals surface area contributed by atoms with Crippen LogP contribution in [-0.4, -0.2) is 11.1 Å². The molecule has 0 atom stereocenters. The third-order valence-corrected chi connectivity index (χ3v) is 5.94. The van der Waals surface area contributed by atoms with Crippen molar-refractivity contribution in [2.75, 3.05) is 5.32 Å². The van der Waals surface area contributed by atoms with Crippen LogP contribution in [0.25, 0.3) is 5.57 Å². The van der Waals surface area contributed by atoms with Gasteiger partial charge in [-0.05, 0) is 59.0 Å². The van der Waals surface area contributed by atoms with Crippen LogP contribution in [0.2, 0.25) is 0 Å². The number of nitrogens with one attached hydrogen (secondary N) is 1. The predicted molar refractivity (Wildman–Crippen MR) is 111 cm³/mol. The van der Waals surface area contributed by atoms with Crippen molar-refractivity contribution in [1.82, 2.24) is 0 Å². The number of carboxylic acid groups (broad SMARTS) is 1. The second-order valence-electron chi connectivity index (χ2n) is 6.40. The zero-order valence-corrected chi connectivity index (χ0v) is 15.8. The van der Waals surface area contributed by atoms with Crippen molar-refractivity contribution in [3.05, 3.63) is 89.5 Å². The Balaban J connectivity index is 1.73. The third kappa shape index (κ3) is 3.13. The molecule has 0 bridgehead atoms. The molecule has 0 fully saturated rings.